The molecule has 1 aromatic rings. The first kappa shape index (κ1) is 11.8. The van der Waals surface area contributed by atoms with Crippen LogP contribution in [0.5, 0.6) is 0 Å². The summed E-state index contributed by atoms with van der Waals surface area (Å²) < 4.78 is 0. The predicted molar refractivity (Wildman–Crippen MR) is 65.6 cm³/mol. The number of piperidine rings is 1. The molecule has 0 spiro atoms. The van der Waals surface area contributed by atoms with E-state index in [0.717, 1.165) is 6.04 Å². The number of rotatable bonds is 1. The summed E-state index contributed by atoms with van der Waals surface area (Å²) in [4.78, 5) is 11.3. The fourth-order valence-corrected chi connectivity index (χ4v) is 3.06. The van der Waals surface area contributed by atoms with Gasteiger partial charge < -0.3 is 0 Å². The predicted octanol–water partition coefficient (Wildman–Crippen LogP) is 2.59. The van der Waals surface area contributed by atoms with Gasteiger partial charge in [-0.25, -0.2) is 0 Å². The molecule has 0 aliphatic carbocycles. The number of aromatic nitrogens is 2. The Bertz CT molecular complexity index is 330. The molecule has 1 aromatic heterocycles. The van der Waals surface area contributed by atoms with Gasteiger partial charge in [-0.2, -0.15) is 0 Å². The lowest BCUT2D eigenvalue weighted by atomic mass is 10.0. The molecule has 0 bridgehead atoms. The number of hydrogen-bond donors (Lipinski definition) is 0. The Morgan fingerprint density at radius 2 is 2.06 bits per heavy atom. The summed E-state index contributed by atoms with van der Waals surface area (Å²) in [6, 6.07) is 1.37. The van der Waals surface area contributed by atoms with Crippen molar-refractivity contribution < 1.29 is 0 Å². The average Bonchev–Trinajstić information content (AvgIpc) is 2.74. The highest BCUT2D eigenvalue weighted by atomic mass is 35.5. The topological polar surface area (TPSA) is 29.0 Å². The van der Waals surface area contributed by atoms with Crippen LogP contribution in [-0.4, -0.2) is 27.5 Å². The van der Waals surface area contributed by atoms with Crippen LogP contribution in [0.1, 0.15) is 43.8 Å². The van der Waals surface area contributed by atoms with E-state index in [9.17, 15) is 0 Å². The fourth-order valence-electron chi connectivity index (χ4n) is 3.06. The van der Waals surface area contributed by atoms with E-state index < -0.39 is 0 Å². The van der Waals surface area contributed by atoms with E-state index >= 15 is 0 Å². The quantitative estimate of drug-likeness (QED) is 0.755. The zero-order valence-electron chi connectivity index (χ0n) is 9.38. The smallest absolute Gasteiger partial charge is 0.0758 e. The molecule has 0 N–H and O–H groups in total. The molecule has 2 atom stereocenters. The van der Waals surface area contributed by atoms with E-state index in [1.807, 2.05) is 12.4 Å². The minimum absolute atomic E-state index is 0. The van der Waals surface area contributed by atoms with Gasteiger partial charge in [0.2, 0.25) is 0 Å². The normalized spacial score (nSPS) is 29.5. The molecule has 2 unspecified atom stereocenters. The molecule has 2 aliphatic rings. The summed E-state index contributed by atoms with van der Waals surface area (Å²) in [7, 11) is 0. The van der Waals surface area contributed by atoms with E-state index in [4.69, 9.17) is 0 Å². The summed E-state index contributed by atoms with van der Waals surface area (Å²) >= 11 is 0. The third kappa shape index (κ3) is 2.06. The van der Waals surface area contributed by atoms with Crippen molar-refractivity contribution in [3.05, 3.63) is 24.3 Å². The zero-order chi connectivity index (χ0) is 10.1. The maximum absolute atomic E-state index is 4.45. The van der Waals surface area contributed by atoms with Crippen LogP contribution < -0.4 is 0 Å². The summed E-state index contributed by atoms with van der Waals surface area (Å²) in [5.74, 6) is 0. The molecule has 2 aliphatic heterocycles. The molecule has 2 fully saturated rings. The van der Waals surface area contributed by atoms with Gasteiger partial charge in [0.25, 0.3) is 0 Å². The zero-order valence-corrected chi connectivity index (χ0v) is 10.2. The standard InChI is InChI=1S/C12H17N3.ClH/c1-2-8-15-10(3-1)4-5-12(15)11-9-13-6-7-14-11;/h6-7,9-10,12H,1-5,8H2;1H. The first-order valence-electron chi connectivity index (χ1n) is 5.97. The van der Waals surface area contributed by atoms with Crippen LogP contribution in [0.4, 0.5) is 0 Å². The second kappa shape index (κ2) is 5.11. The summed E-state index contributed by atoms with van der Waals surface area (Å²) in [6.07, 6.45) is 12.3. The molecule has 0 amide bonds. The number of fused-ring (bicyclic) bond motifs is 1. The maximum atomic E-state index is 4.45. The van der Waals surface area contributed by atoms with Crippen molar-refractivity contribution in [2.75, 3.05) is 6.54 Å². The van der Waals surface area contributed by atoms with E-state index in [1.165, 1.54) is 44.3 Å². The molecule has 4 heteroatoms. The fraction of sp³-hybridized carbons (Fsp3) is 0.667. The molecule has 3 heterocycles. The van der Waals surface area contributed by atoms with Gasteiger partial charge in [0.15, 0.2) is 0 Å². The molecule has 3 nitrogen and oxygen atoms in total. The molecular formula is C12H18ClN3. The monoisotopic (exact) mass is 239 g/mol. The highest BCUT2D eigenvalue weighted by molar-refractivity contribution is 5.85. The molecule has 0 radical (unpaired) electrons. The van der Waals surface area contributed by atoms with Gasteiger partial charge in [-0.05, 0) is 32.2 Å². The van der Waals surface area contributed by atoms with Crippen molar-refractivity contribution in [2.45, 2.75) is 44.2 Å². The second-order valence-electron chi connectivity index (χ2n) is 4.61. The van der Waals surface area contributed by atoms with Gasteiger partial charge in [-0.3, -0.25) is 14.9 Å². The average molecular weight is 240 g/mol. The van der Waals surface area contributed by atoms with Crippen LogP contribution in [0.2, 0.25) is 0 Å². The number of halogens is 1. The van der Waals surface area contributed by atoms with Gasteiger partial charge in [0.05, 0.1) is 11.7 Å². The minimum Gasteiger partial charge on any atom is -0.292 e. The van der Waals surface area contributed by atoms with Crippen molar-refractivity contribution >= 4 is 12.4 Å². The number of hydrogen-bond acceptors (Lipinski definition) is 3. The molecule has 16 heavy (non-hydrogen) atoms. The Hall–Kier alpha value is -0.670. The lowest BCUT2D eigenvalue weighted by Crippen LogP contribution is -2.36. The van der Waals surface area contributed by atoms with Gasteiger partial charge in [0, 0.05) is 24.6 Å². The van der Waals surface area contributed by atoms with Crippen molar-refractivity contribution in [1.29, 1.82) is 0 Å². The van der Waals surface area contributed by atoms with E-state index in [1.54, 1.807) is 6.20 Å². The summed E-state index contributed by atoms with van der Waals surface area (Å²) in [6.45, 7) is 1.26. The van der Waals surface area contributed by atoms with Crippen molar-refractivity contribution in [3.63, 3.8) is 0 Å². The van der Waals surface area contributed by atoms with E-state index in [2.05, 4.69) is 14.9 Å². The maximum Gasteiger partial charge on any atom is 0.0758 e. The number of nitrogens with zero attached hydrogens (tertiary/aromatic N) is 3. The van der Waals surface area contributed by atoms with Crippen molar-refractivity contribution in [3.8, 4) is 0 Å². The minimum atomic E-state index is 0. The Kier molecular flexibility index (Phi) is 3.77. The van der Waals surface area contributed by atoms with Crippen LogP contribution in [0.25, 0.3) is 0 Å². The van der Waals surface area contributed by atoms with Crippen LogP contribution in [-0.2, 0) is 0 Å². The van der Waals surface area contributed by atoms with Gasteiger partial charge in [0.1, 0.15) is 0 Å². The second-order valence-corrected chi connectivity index (χ2v) is 4.61. The first-order valence-corrected chi connectivity index (χ1v) is 5.97. The lowest BCUT2D eigenvalue weighted by molar-refractivity contribution is 0.147. The molecule has 3 rings (SSSR count). The van der Waals surface area contributed by atoms with Crippen LogP contribution in [0.15, 0.2) is 18.6 Å². The summed E-state index contributed by atoms with van der Waals surface area (Å²) in [5.41, 5.74) is 1.17. The molecular weight excluding hydrogens is 222 g/mol. The molecule has 0 saturated carbocycles. The Labute approximate surface area is 103 Å². The van der Waals surface area contributed by atoms with Gasteiger partial charge in [-0.15, -0.1) is 12.4 Å². The SMILES string of the molecule is Cl.c1cnc(C2CCC3CCCCN32)cn1. The van der Waals surface area contributed by atoms with Crippen LogP contribution >= 0.6 is 12.4 Å². The highest BCUT2D eigenvalue weighted by Crippen LogP contribution is 2.39. The van der Waals surface area contributed by atoms with E-state index in [-0.39, 0.29) is 12.4 Å². The first-order chi connectivity index (χ1) is 7.45. The van der Waals surface area contributed by atoms with Gasteiger partial charge >= 0.3 is 0 Å². The Morgan fingerprint density at radius 1 is 1.12 bits per heavy atom. The van der Waals surface area contributed by atoms with Crippen LogP contribution in [0.3, 0.4) is 0 Å². The largest absolute Gasteiger partial charge is 0.292 e. The Morgan fingerprint density at radius 3 is 2.88 bits per heavy atom. The Balaban J connectivity index is 0.000000963. The van der Waals surface area contributed by atoms with Crippen LogP contribution in [0, 0.1) is 0 Å². The van der Waals surface area contributed by atoms with Crippen molar-refractivity contribution in [2.24, 2.45) is 0 Å². The van der Waals surface area contributed by atoms with Gasteiger partial charge in [-0.1, -0.05) is 6.42 Å². The molecule has 2 saturated heterocycles. The van der Waals surface area contributed by atoms with E-state index in [0.29, 0.717) is 6.04 Å². The van der Waals surface area contributed by atoms with Crippen molar-refractivity contribution in [1.82, 2.24) is 14.9 Å². The molecule has 0 aromatic carbocycles. The summed E-state index contributed by atoms with van der Waals surface area (Å²) in [5, 5.41) is 0. The highest BCUT2D eigenvalue weighted by Gasteiger charge is 2.36. The molecule has 88 valence electrons. The third-order valence-corrected chi connectivity index (χ3v) is 3.77. The third-order valence-electron chi connectivity index (χ3n) is 3.77. The lowest BCUT2D eigenvalue weighted by Gasteiger charge is -2.33.